The van der Waals surface area contributed by atoms with Crippen molar-refractivity contribution < 1.29 is 8.78 Å². The van der Waals surface area contributed by atoms with Crippen LogP contribution >= 0.6 is 0 Å². The zero-order chi connectivity index (χ0) is 6.85. The lowest BCUT2D eigenvalue weighted by Gasteiger charge is -1.91. The standard InChI is InChI=1S/C7H5F2/c1-5-4-6(8)2-3-7(5)9/h2,4H,1H3. The molecular weight excluding hydrogens is 122 g/mol. The monoisotopic (exact) mass is 127 g/mol. The average Bonchev–Trinajstić information content (AvgIpc) is 1.80. The summed E-state index contributed by atoms with van der Waals surface area (Å²) < 4.78 is 24.4. The van der Waals surface area contributed by atoms with Gasteiger partial charge >= 0.3 is 0 Å². The van der Waals surface area contributed by atoms with E-state index in [-0.39, 0.29) is 5.56 Å². The number of rotatable bonds is 0. The molecule has 0 bridgehead atoms. The van der Waals surface area contributed by atoms with Crippen molar-refractivity contribution in [1.29, 1.82) is 0 Å². The fraction of sp³-hybridized carbons (Fsp3) is 0.143. The van der Waals surface area contributed by atoms with E-state index in [2.05, 4.69) is 6.07 Å². The zero-order valence-electron chi connectivity index (χ0n) is 4.91. The van der Waals surface area contributed by atoms with Gasteiger partial charge in [0.25, 0.3) is 0 Å². The summed E-state index contributed by atoms with van der Waals surface area (Å²) in [6.07, 6.45) is 0. The summed E-state index contributed by atoms with van der Waals surface area (Å²) in [7, 11) is 0. The van der Waals surface area contributed by atoms with Gasteiger partial charge < -0.3 is 0 Å². The molecule has 9 heavy (non-hydrogen) atoms. The Morgan fingerprint density at radius 1 is 1.44 bits per heavy atom. The highest BCUT2D eigenvalue weighted by Gasteiger charge is 1.96. The Morgan fingerprint density at radius 2 is 2.11 bits per heavy atom. The molecular formula is C7H5F2. The molecule has 0 heterocycles. The van der Waals surface area contributed by atoms with Crippen LogP contribution in [0.3, 0.4) is 0 Å². The Labute approximate surface area is 52.1 Å². The molecule has 0 aliphatic carbocycles. The highest BCUT2D eigenvalue weighted by Crippen LogP contribution is 2.05. The number of halogens is 2. The third-order valence-electron chi connectivity index (χ3n) is 1.04. The molecule has 0 saturated heterocycles. The maximum atomic E-state index is 12.3. The topological polar surface area (TPSA) is 0 Å². The van der Waals surface area contributed by atoms with Gasteiger partial charge in [-0.2, -0.15) is 0 Å². The third-order valence-corrected chi connectivity index (χ3v) is 1.04. The molecule has 1 rings (SSSR count). The molecule has 0 fully saturated rings. The summed E-state index contributed by atoms with van der Waals surface area (Å²) >= 11 is 0. The van der Waals surface area contributed by atoms with Crippen LogP contribution in [0.15, 0.2) is 12.1 Å². The van der Waals surface area contributed by atoms with Crippen LogP contribution in [0.2, 0.25) is 0 Å². The molecule has 0 saturated carbocycles. The van der Waals surface area contributed by atoms with Crippen LogP contribution in [0.5, 0.6) is 0 Å². The molecule has 0 atom stereocenters. The Morgan fingerprint density at radius 3 is 2.56 bits per heavy atom. The van der Waals surface area contributed by atoms with Gasteiger partial charge in [0, 0.05) is 6.07 Å². The lowest BCUT2D eigenvalue weighted by atomic mass is 10.2. The Balaban J connectivity index is 3.17. The van der Waals surface area contributed by atoms with Crippen molar-refractivity contribution in [2.45, 2.75) is 6.92 Å². The van der Waals surface area contributed by atoms with Crippen molar-refractivity contribution in [3.8, 4) is 0 Å². The molecule has 0 aromatic heterocycles. The van der Waals surface area contributed by atoms with E-state index in [0.29, 0.717) is 0 Å². The Hall–Kier alpha value is -0.920. The highest BCUT2D eigenvalue weighted by atomic mass is 19.1. The molecule has 2 heteroatoms. The first-order valence-electron chi connectivity index (χ1n) is 2.53. The van der Waals surface area contributed by atoms with Gasteiger partial charge in [0.15, 0.2) is 0 Å². The molecule has 0 nitrogen and oxygen atoms in total. The molecule has 0 amide bonds. The van der Waals surface area contributed by atoms with Crippen LogP contribution in [0, 0.1) is 24.6 Å². The number of hydrogen-bond donors (Lipinski definition) is 0. The largest absolute Gasteiger partial charge is 0.207 e. The molecule has 1 radical (unpaired) electrons. The Kier molecular flexibility index (Phi) is 1.47. The van der Waals surface area contributed by atoms with Gasteiger partial charge in [-0.3, -0.25) is 0 Å². The first-order chi connectivity index (χ1) is 4.20. The van der Waals surface area contributed by atoms with Crippen molar-refractivity contribution >= 4 is 0 Å². The molecule has 0 spiro atoms. The van der Waals surface area contributed by atoms with Gasteiger partial charge in [0.05, 0.1) is 0 Å². The second kappa shape index (κ2) is 2.13. The molecule has 1 aromatic carbocycles. The van der Waals surface area contributed by atoms with Crippen LogP contribution in [0.1, 0.15) is 5.56 Å². The lowest BCUT2D eigenvalue weighted by molar-refractivity contribution is 0.590. The number of aryl methyl sites for hydroxylation is 1. The van der Waals surface area contributed by atoms with E-state index in [9.17, 15) is 8.78 Å². The lowest BCUT2D eigenvalue weighted by Crippen LogP contribution is -1.82. The van der Waals surface area contributed by atoms with E-state index in [4.69, 9.17) is 0 Å². The van der Waals surface area contributed by atoms with E-state index < -0.39 is 11.6 Å². The van der Waals surface area contributed by atoms with Gasteiger partial charge in [0.1, 0.15) is 11.6 Å². The molecule has 1 aromatic rings. The highest BCUT2D eigenvalue weighted by molar-refractivity contribution is 5.15. The van der Waals surface area contributed by atoms with Gasteiger partial charge in [-0.1, -0.05) is 0 Å². The first-order valence-corrected chi connectivity index (χ1v) is 2.53. The van der Waals surface area contributed by atoms with Crippen molar-refractivity contribution in [3.63, 3.8) is 0 Å². The minimum Gasteiger partial charge on any atom is -0.207 e. The first kappa shape index (κ1) is 6.20. The maximum absolute atomic E-state index is 12.3. The summed E-state index contributed by atoms with van der Waals surface area (Å²) in [5.74, 6) is -0.940. The predicted molar refractivity (Wildman–Crippen MR) is 29.9 cm³/mol. The second-order valence-corrected chi connectivity index (χ2v) is 1.81. The fourth-order valence-corrected chi connectivity index (χ4v) is 0.558. The molecule has 47 valence electrons. The van der Waals surface area contributed by atoms with Gasteiger partial charge in [-0.15, -0.1) is 0 Å². The summed E-state index contributed by atoms with van der Waals surface area (Å²) in [6, 6.07) is 4.23. The summed E-state index contributed by atoms with van der Waals surface area (Å²) in [5.41, 5.74) is 0.287. The molecule has 0 aliphatic rings. The van der Waals surface area contributed by atoms with Gasteiger partial charge in [-0.25, -0.2) is 8.78 Å². The number of hydrogen-bond acceptors (Lipinski definition) is 0. The van der Waals surface area contributed by atoms with Crippen molar-refractivity contribution in [2.24, 2.45) is 0 Å². The molecule has 0 unspecified atom stereocenters. The van der Waals surface area contributed by atoms with Crippen molar-refractivity contribution in [3.05, 3.63) is 35.4 Å². The summed E-state index contributed by atoms with van der Waals surface area (Å²) in [5, 5.41) is 0. The second-order valence-electron chi connectivity index (χ2n) is 1.81. The van der Waals surface area contributed by atoms with E-state index >= 15 is 0 Å². The van der Waals surface area contributed by atoms with Crippen LogP contribution < -0.4 is 0 Å². The van der Waals surface area contributed by atoms with E-state index in [1.807, 2.05) is 0 Å². The normalized spacial score (nSPS) is 9.67. The average molecular weight is 127 g/mol. The third kappa shape index (κ3) is 1.25. The van der Waals surface area contributed by atoms with E-state index in [0.717, 1.165) is 12.1 Å². The van der Waals surface area contributed by atoms with Crippen molar-refractivity contribution in [2.75, 3.05) is 0 Å². The van der Waals surface area contributed by atoms with Gasteiger partial charge in [0.2, 0.25) is 0 Å². The SMILES string of the molecule is Cc1cc(F)c[c]c1F. The predicted octanol–water partition coefficient (Wildman–Crippen LogP) is 2.07. The Bertz CT molecular complexity index is 218. The summed E-state index contributed by atoms with van der Waals surface area (Å²) in [4.78, 5) is 0. The molecule has 0 N–H and O–H groups in total. The van der Waals surface area contributed by atoms with Crippen molar-refractivity contribution in [1.82, 2.24) is 0 Å². The number of benzene rings is 1. The van der Waals surface area contributed by atoms with E-state index in [1.54, 1.807) is 0 Å². The summed E-state index contributed by atoms with van der Waals surface area (Å²) in [6.45, 7) is 1.49. The van der Waals surface area contributed by atoms with Crippen LogP contribution in [-0.4, -0.2) is 0 Å². The minimum atomic E-state index is -0.489. The quantitative estimate of drug-likeness (QED) is 0.500. The van der Waals surface area contributed by atoms with Crippen LogP contribution in [0.4, 0.5) is 8.78 Å². The fourth-order valence-electron chi connectivity index (χ4n) is 0.558. The van der Waals surface area contributed by atoms with Crippen LogP contribution in [-0.2, 0) is 0 Å². The maximum Gasteiger partial charge on any atom is 0.134 e. The smallest absolute Gasteiger partial charge is 0.134 e. The van der Waals surface area contributed by atoms with E-state index in [1.165, 1.54) is 6.92 Å². The minimum absolute atomic E-state index is 0.287. The van der Waals surface area contributed by atoms with Crippen LogP contribution in [0.25, 0.3) is 0 Å². The zero-order valence-corrected chi connectivity index (χ0v) is 4.91. The molecule has 0 aliphatic heterocycles. The van der Waals surface area contributed by atoms with Gasteiger partial charge in [-0.05, 0) is 24.6 Å².